The third-order valence-corrected chi connectivity index (χ3v) is 28.2. The van der Waals surface area contributed by atoms with Crippen LogP contribution in [0.15, 0.2) is 323 Å². The molecule has 145 heavy (non-hydrogen) atoms. The molecule has 0 bridgehead atoms. The highest BCUT2D eigenvalue weighted by Crippen LogP contribution is 2.42. The molecule has 10 aromatic carbocycles. The van der Waals surface area contributed by atoms with Crippen molar-refractivity contribution in [1.82, 2.24) is 0 Å². The summed E-state index contributed by atoms with van der Waals surface area (Å²) >= 11 is 3.40. The molecule has 27 nitrogen and oxygen atoms in total. The van der Waals surface area contributed by atoms with Crippen molar-refractivity contribution >= 4 is 130 Å². The Balaban J connectivity index is 0.000000115. The molecule has 23 rings (SSSR count). The number of morpholine rings is 5. The van der Waals surface area contributed by atoms with Crippen molar-refractivity contribution in [2.45, 2.75) is 51.3 Å². The zero-order valence-corrected chi connectivity index (χ0v) is 82.4. The number of anilines is 5. The number of alkyl halides is 3. The van der Waals surface area contributed by atoms with Gasteiger partial charge in [0, 0.05) is 123 Å². The van der Waals surface area contributed by atoms with Crippen molar-refractivity contribution < 1.29 is 91.1 Å². The standard InChI is InChI=1S/2C23H19NO3S.C20H19NO3.C19H17NO4.C14H12F3NO6S.C12H17BO3/c25-20-15-22(24-9-11-26-12-10-24)27-23-18(6-2-7-19(20)23)16-4-1-5-17(14-16)21-8-3-13-28-21;25-21-14-22(24-8-10-26-11-9-24)27-23-19(5-2-6-20(21)23)17-4-1-3-16(13-17)18-7-12-28-15-18;1-14-4-2-5-15(12-14)16-6-3-7-17-18(22)13-19(24-20(16)17)21-8-10-23-11-9-21;21-14-4-1-3-13(11-14)15-5-2-6-16-17(22)12-18(24-19(15)16)20-7-9-23-10-8-20;15-14(16,17)25(20,21)24-11-3-1-2-9-10(19)8-12(23-13(9)11)18-4-6-22-7-5-18;1-11(2)12(3,4)16-13(15-11)9-6-5-7-10(14)8-9/h1-8,13-15H,9-12H2;1-7,12-15H,8-11H2;2-7,12-13H,8-11H2,1H3;1-6,11-12,21H,7-10H2;1-3,8H,4-7H2;5-8,14H,1-4H3. The molecule has 0 saturated carbocycles. The number of benzene rings is 10. The summed E-state index contributed by atoms with van der Waals surface area (Å²) in [4.78, 5) is 74.0. The highest BCUT2D eigenvalue weighted by Gasteiger charge is 2.52. The van der Waals surface area contributed by atoms with Crippen LogP contribution in [0.3, 0.4) is 0 Å². The van der Waals surface area contributed by atoms with Crippen LogP contribution in [0.1, 0.15) is 33.3 Å². The van der Waals surface area contributed by atoms with Crippen molar-refractivity contribution in [3.8, 4) is 83.3 Å². The van der Waals surface area contributed by atoms with Crippen LogP contribution in [0, 0.1) is 6.92 Å². The number of fused-ring (bicyclic) bond motifs is 5. The highest BCUT2D eigenvalue weighted by molar-refractivity contribution is 7.88. The minimum absolute atomic E-state index is 0.00718. The average molecular weight is 2020 g/mol. The Kier molecular flexibility index (Phi) is 30.8. The molecule has 6 fully saturated rings. The summed E-state index contributed by atoms with van der Waals surface area (Å²) in [5, 5.41) is 27.7. The number of hydrogen-bond donors (Lipinski definition) is 2. The maximum absolute atomic E-state index is 12.8. The van der Waals surface area contributed by atoms with Gasteiger partial charge in [0.1, 0.15) is 33.8 Å². The summed E-state index contributed by atoms with van der Waals surface area (Å²) in [6.45, 7) is 22.6. The van der Waals surface area contributed by atoms with Gasteiger partial charge in [0.2, 0.25) is 0 Å². The van der Waals surface area contributed by atoms with Crippen molar-refractivity contribution in [3.63, 3.8) is 0 Å². The van der Waals surface area contributed by atoms with Gasteiger partial charge in [-0.25, -0.2) is 0 Å². The molecule has 2 N–H and O–H groups in total. The van der Waals surface area contributed by atoms with E-state index in [4.69, 9.17) is 55.1 Å². The van der Waals surface area contributed by atoms with E-state index in [1.807, 2.05) is 136 Å². The Morgan fingerprint density at radius 3 is 1.03 bits per heavy atom. The van der Waals surface area contributed by atoms with Gasteiger partial charge in [0.05, 0.1) is 104 Å². The zero-order chi connectivity index (χ0) is 101. The lowest BCUT2D eigenvalue weighted by Crippen LogP contribution is -2.41. The Morgan fingerprint density at radius 2 is 0.669 bits per heavy atom. The van der Waals surface area contributed by atoms with Gasteiger partial charge < -0.3 is 94.0 Å². The number of aromatic hydroxyl groups is 2. The van der Waals surface area contributed by atoms with E-state index in [9.17, 15) is 55.8 Å². The molecule has 0 atom stereocenters. The monoisotopic (exact) mass is 2020 g/mol. The number of rotatable bonds is 14. The molecule has 0 spiro atoms. The Morgan fingerprint density at radius 1 is 0.345 bits per heavy atom. The number of halogens is 3. The van der Waals surface area contributed by atoms with Crippen LogP contribution >= 0.6 is 22.7 Å². The van der Waals surface area contributed by atoms with Gasteiger partial charge in [-0.05, 0) is 180 Å². The van der Waals surface area contributed by atoms with Crippen molar-refractivity contribution in [3.05, 3.63) is 334 Å². The van der Waals surface area contributed by atoms with Gasteiger partial charge >= 0.3 is 22.7 Å². The van der Waals surface area contributed by atoms with Gasteiger partial charge in [-0.1, -0.05) is 151 Å². The number of para-hydroxylation sites is 5. The predicted octanol–water partition coefficient (Wildman–Crippen LogP) is 20.2. The molecule has 0 aliphatic carbocycles. The van der Waals surface area contributed by atoms with Crippen LogP contribution < -0.4 is 61.3 Å². The maximum Gasteiger partial charge on any atom is 0.534 e. The quantitative estimate of drug-likeness (QED) is 0.0580. The SMILES string of the molecule is CC1(C)OB(c2cccc(O)c2)OC1(C)C.Cc1cccc(-c2cccc3c(=O)cc(N4CCOCC4)oc23)c1.O=c1cc(N2CCOCC2)oc2c(-c3cccc(-c4cccs4)c3)cccc12.O=c1cc(N2CCOCC2)oc2c(-c3cccc(-c4ccsc4)c3)cccc12.O=c1cc(N2CCOCC2)oc2c(-c3cccc(O)c3)cccc12.O=c1cc(N2CCOCC2)oc2c(OS(=O)(=O)C(F)(F)F)cccc12. The zero-order valence-electron chi connectivity index (χ0n) is 79.9. The first kappa shape index (κ1) is 101. The van der Waals surface area contributed by atoms with Gasteiger partial charge in [-0.3, -0.25) is 24.0 Å². The highest BCUT2D eigenvalue weighted by atomic mass is 32.2. The van der Waals surface area contributed by atoms with Crippen LogP contribution in [0.5, 0.6) is 17.2 Å². The van der Waals surface area contributed by atoms with Gasteiger partial charge in [-0.2, -0.15) is 32.9 Å². The van der Waals surface area contributed by atoms with Crippen LogP contribution in [0.4, 0.5) is 42.6 Å². The first-order chi connectivity index (χ1) is 70.0. The van der Waals surface area contributed by atoms with Crippen molar-refractivity contribution in [1.29, 1.82) is 0 Å². The summed E-state index contributed by atoms with van der Waals surface area (Å²) in [5.41, 5.74) is 8.25. The van der Waals surface area contributed by atoms with E-state index in [1.54, 1.807) is 94.3 Å². The summed E-state index contributed by atoms with van der Waals surface area (Å²) in [6.07, 6.45) is 0. The smallest absolute Gasteiger partial charge is 0.508 e. The second kappa shape index (κ2) is 44.4. The Labute approximate surface area is 839 Å². The number of phenols is 2. The molecule has 0 unspecified atom stereocenters. The molecular weight excluding hydrogens is 1920 g/mol. The largest absolute Gasteiger partial charge is 0.534 e. The van der Waals surface area contributed by atoms with Gasteiger partial charge in [0.15, 0.2) is 67.9 Å². The number of phenolic OH excluding ortho intramolecular Hbond substituents is 2. The second-order valence-electron chi connectivity index (χ2n) is 35.8. The van der Waals surface area contributed by atoms with Crippen LogP contribution in [-0.2, 0) is 43.1 Å². The van der Waals surface area contributed by atoms with E-state index >= 15 is 0 Å². The fourth-order valence-corrected chi connectivity index (χ4v) is 19.2. The maximum atomic E-state index is 12.8. The van der Waals surface area contributed by atoms with Gasteiger partial charge in [-0.15, -0.1) is 11.3 Å². The van der Waals surface area contributed by atoms with E-state index in [0.29, 0.717) is 160 Å². The number of hydrogen-bond acceptors (Lipinski definition) is 29. The predicted molar refractivity (Wildman–Crippen MR) is 562 cm³/mol. The molecule has 0 amide bonds. The van der Waals surface area contributed by atoms with Crippen LogP contribution in [-0.4, -0.2) is 174 Å². The van der Waals surface area contributed by atoms with Crippen molar-refractivity contribution in [2.75, 3.05) is 156 Å². The fourth-order valence-electron chi connectivity index (χ4n) is 17.4. The molecule has 0 radical (unpaired) electrons. The van der Waals surface area contributed by atoms with Gasteiger partial charge in [0.25, 0.3) is 0 Å². The topological polar surface area (TPSA) is 316 Å². The number of aryl methyl sites for hydroxylation is 1. The third kappa shape index (κ3) is 23.3. The Bertz CT molecular complexity index is 7580. The minimum Gasteiger partial charge on any atom is -0.508 e. The number of thiophene rings is 2. The number of ether oxygens (including phenoxy) is 5. The number of nitrogens with zero attached hydrogens (tertiary/aromatic N) is 5. The summed E-state index contributed by atoms with van der Waals surface area (Å²) in [6, 6.07) is 78.9. The first-order valence-electron chi connectivity index (χ1n) is 47.3. The molecular formula is C111H103BF3N5O22S3. The lowest BCUT2D eigenvalue weighted by molar-refractivity contribution is -0.0499. The van der Waals surface area contributed by atoms with E-state index in [0.717, 1.165) is 106 Å². The molecule has 6 aliphatic rings. The lowest BCUT2D eigenvalue weighted by atomic mass is 9.79. The molecule has 6 saturated heterocycles. The van der Waals surface area contributed by atoms with E-state index < -0.39 is 33.9 Å². The average Bonchev–Trinajstić information content (AvgIpc) is 1.22. The molecule has 13 heterocycles. The summed E-state index contributed by atoms with van der Waals surface area (Å²) < 4.78 is 133. The normalized spacial score (nSPS) is 15.8. The van der Waals surface area contributed by atoms with Crippen molar-refractivity contribution in [2.24, 2.45) is 0 Å². The molecule has 34 heteroatoms. The third-order valence-electron chi connectivity index (χ3n) is 25.7. The first-order valence-corrected chi connectivity index (χ1v) is 50.5. The van der Waals surface area contributed by atoms with Crippen LogP contribution in [0.25, 0.3) is 121 Å². The summed E-state index contributed by atoms with van der Waals surface area (Å²) in [5.74, 6) is 2.20. The Hall–Kier alpha value is -14.4. The molecule has 746 valence electrons. The van der Waals surface area contributed by atoms with E-state index in [1.165, 1.54) is 34.2 Å². The molecule has 6 aliphatic heterocycles. The van der Waals surface area contributed by atoms with E-state index in [2.05, 4.69) is 109 Å². The minimum atomic E-state index is -5.89. The molecule has 17 aromatic rings. The lowest BCUT2D eigenvalue weighted by Gasteiger charge is -2.32. The molecule has 7 aromatic heterocycles. The summed E-state index contributed by atoms with van der Waals surface area (Å²) in [7, 11) is -6.29. The fraction of sp³-hybridized carbons (Fsp3) is 0.252. The van der Waals surface area contributed by atoms with Crippen LogP contribution in [0.2, 0.25) is 0 Å². The van der Waals surface area contributed by atoms with E-state index in [-0.39, 0.29) is 61.3 Å². The second-order valence-corrected chi connectivity index (χ2v) is 39.1.